The SMILES string of the molecule is CC(NC(=O)c1ccoc1)C(=O)Nc1ccc(NC(=O)c2cccc(S(C)(=O)=O)c2)c(Cl)c1. The molecule has 3 aromatic rings. The van der Waals surface area contributed by atoms with E-state index in [0.29, 0.717) is 11.3 Å². The highest BCUT2D eigenvalue weighted by molar-refractivity contribution is 7.90. The van der Waals surface area contributed by atoms with E-state index in [4.69, 9.17) is 16.0 Å². The number of hydrogen-bond donors (Lipinski definition) is 3. The van der Waals surface area contributed by atoms with Gasteiger partial charge in [0.25, 0.3) is 11.8 Å². The Morgan fingerprint density at radius 3 is 2.36 bits per heavy atom. The van der Waals surface area contributed by atoms with Gasteiger partial charge >= 0.3 is 0 Å². The van der Waals surface area contributed by atoms with E-state index in [2.05, 4.69) is 16.0 Å². The van der Waals surface area contributed by atoms with E-state index in [9.17, 15) is 22.8 Å². The molecule has 0 saturated heterocycles. The summed E-state index contributed by atoms with van der Waals surface area (Å²) in [7, 11) is -3.46. The molecule has 172 valence electrons. The van der Waals surface area contributed by atoms with Crippen LogP contribution in [0.2, 0.25) is 5.02 Å². The number of furan rings is 1. The van der Waals surface area contributed by atoms with Crippen LogP contribution >= 0.6 is 11.6 Å². The lowest BCUT2D eigenvalue weighted by molar-refractivity contribution is -0.117. The van der Waals surface area contributed by atoms with E-state index in [1.165, 1.54) is 68.0 Å². The van der Waals surface area contributed by atoms with Crippen molar-refractivity contribution in [2.75, 3.05) is 16.9 Å². The molecule has 0 aliphatic rings. The Balaban J connectivity index is 1.64. The number of anilines is 2. The van der Waals surface area contributed by atoms with Crippen LogP contribution in [0.3, 0.4) is 0 Å². The first-order valence-corrected chi connectivity index (χ1v) is 11.9. The predicted octanol–water partition coefficient (Wildman–Crippen LogP) is 3.35. The average molecular weight is 490 g/mol. The van der Waals surface area contributed by atoms with Crippen LogP contribution in [-0.4, -0.2) is 38.4 Å². The number of nitrogens with one attached hydrogen (secondary N) is 3. The molecule has 0 aliphatic heterocycles. The largest absolute Gasteiger partial charge is 0.472 e. The second-order valence-corrected chi connectivity index (χ2v) is 9.57. The lowest BCUT2D eigenvalue weighted by Crippen LogP contribution is -2.41. The van der Waals surface area contributed by atoms with Crippen LogP contribution < -0.4 is 16.0 Å². The molecule has 3 amide bonds. The van der Waals surface area contributed by atoms with Gasteiger partial charge in [0.1, 0.15) is 12.3 Å². The summed E-state index contributed by atoms with van der Waals surface area (Å²) >= 11 is 6.24. The van der Waals surface area contributed by atoms with Gasteiger partial charge in [0, 0.05) is 17.5 Å². The molecule has 1 unspecified atom stereocenters. The Morgan fingerprint density at radius 1 is 0.970 bits per heavy atom. The summed E-state index contributed by atoms with van der Waals surface area (Å²) in [5.41, 5.74) is 1.06. The van der Waals surface area contributed by atoms with Gasteiger partial charge in [0.05, 0.1) is 27.4 Å². The highest BCUT2D eigenvalue weighted by Gasteiger charge is 2.18. The Labute approximate surface area is 195 Å². The van der Waals surface area contributed by atoms with Gasteiger partial charge in [-0.1, -0.05) is 17.7 Å². The normalized spacial score (nSPS) is 12.0. The molecule has 33 heavy (non-hydrogen) atoms. The zero-order valence-electron chi connectivity index (χ0n) is 17.6. The summed E-state index contributed by atoms with van der Waals surface area (Å²) < 4.78 is 28.2. The molecule has 3 rings (SSSR count). The molecular weight excluding hydrogens is 470 g/mol. The minimum absolute atomic E-state index is 0.0216. The van der Waals surface area contributed by atoms with Gasteiger partial charge in [-0.05, 0) is 49.4 Å². The van der Waals surface area contributed by atoms with Crippen molar-refractivity contribution in [2.45, 2.75) is 17.9 Å². The minimum Gasteiger partial charge on any atom is -0.472 e. The van der Waals surface area contributed by atoms with Crippen molar-refractivity contribution in [3.8, 4) is 0 Å². The van der Waals surface area contributed by atoms with Crippen molar-refractivity contribution < 1.29 is 27.2 Å². The number of carbonyl (C=O) groups is 3. The van der Waals surface area contributed by atoms with Crippen molar-refractivity contribution in [3.05, 3.63) is 77.2 Å². The smallest absolute Gasteiger partial charge is 0.255 e. The van der Waals surface area contributed by atoms with E-state index in [1.54, 1.807) is 0 Å². The average Bonchev–Trinajstić information content (AvgIpc) is 3.30. The fourth-order valence-corrected chi connectivity index (χ4v) is 3.64. The first-order chi connectivity index (χ1) is 15.5. The van der Waals surface area contributed by atoms with Crippen molar-refractivity contribution in [3.63, 3.8) is 0 Å². The Kier molecular flexibility index (Phi) is 7.19. The molecule has 2 aromatic carbocycles. The number of halogens is 1. The third kappa shape index (κ3) is 6.21. The van der Waals surface area contributed by atoms with E-state index < -0.39 is 33.6 Å². The number of sulfone groups is 1. The number of carbonyl (C=O) groups excluding carboxylic acids is 3. The number of rotatable bonds is 7. The summed E-state index contributed by atoms with van der Waals surface area (Å²) in [5.74, 6) is -1.48. The van der Waals surface area contributed by atoms with Crippen LogP contribution in [-0.2, 0) is 14.6 Å². The Morgan fingerprint density at radius 2 is 1.73 bits per heavy atom. The van der Waals surface area contributed by atoms with E-state index in [0.717, 1.165) is 6.26 Å². The van der Waals surface area contributed by atoms with Crippen molar-refractivity contribution in [2.24, 2.45) is 0 Å². The third-order valence-corrected chi connectivity index (χ3v) is 5.96. The summed E-state index contributed by atoms with van der Waals surface area (Å²) in [6, 6.07) is 10.7. The first kappa shape index (κ1) is 24.0. The second-order valence-electron chi connectivity index (χ2n) is 7.15. The van der Waals surface area contributed by atoms with E-state index >= 15 is 0 Å². The Hall–Kier alpha value is -3.63. The quantitative estimate of drug-likeness (QED) is 0.466. The lowest BCUT2D eigenvalue weighted by Gasteiger charge is -2.15. The number of hydrogen-bond acceptors (Lipinski definition) is 6. The van der Waals surface area contributed by atoms with Gasteiger partial charge < -0.3 is 20.4 Å². The van der Waals surface area contributed by atoms with Gasteiger partial charge in [-0.25, -0.2) is 8.42 Å². The van der Waals surface area contributed by atoms with Gasteiger partial charge in [-0.3, -0.25) is 14.4 Å². The van der Waals surface area contributed by atoms with Gasteiger partial charge in [0.2, 0.25) is 5.91 Å². The molecule has 11 heteroatoms. The maximum atomic E-state index is 12.5. The fourth-order valence-electron chi connectivity index (χ4n) is 2.75. The zero-order chi connectivity index (χ0) is 24.2. The topological polar surface area (TPSA) is 135 Å². The Bertz CT molecular complexity index is 1310. The van der Waals surface area contributed by atoms with E-state index in [-0.39, 0.29) is 21.2 Å². The van der Waals surface area contributed by atoms with Gasteiger partial charge in [-0.2, -0.15) is 0 Å². The molecule has 9 nitrogen and oxygen atoms in total. The molecule has 0 bridgehead atoms. The van der Waals surface area contributed by atoms with Gasteiger partial charge in [-0.15, -0.1) is 0 Å². The lowest BCUT2D eigenvalue weighted by atomic mass is 10.2. The molecule has 0 radical (unpaired) electrons. The molecule has 0 saturated carbocycles. The van der Waals surface area contributed by atoms with Crippen LogP contribution in [0.5, 0.6) is 0 Å². The first-order valence-electron chi connectivity index (χ1n) is 9.59. The molecule has 1 heterocycles. The maximum absolute atomic E-state index is 12.5. The minimum atomic E-state index is -3.46. The van der Waals surface area contributed by atoms with Crippen molar-refractivity contribution in [1.82, 2.24) is 5.32 Å². The third-order valence-electron chi connectivity index (χ3n) is 4.53. The van der Waals surface area contributed by atoms with Gasteiger partial charge in [0.15, 0.2) is 9.84 Å². The molecule has 3 N–H and O–H groups in total. The van der Waals surface area contributed by atoms with E-state index in [1.807, 2.05) is 0 Å². The standard InChI is InChI=1S/C22H20ClN3O6S/c1-13(24-22(29)15-8-9-32-12-15)20(27)25-16-6-7-19(18(23)11-16)26-21(28)14-4-3-5-17(10-14)33(2,30)31/h3-13H,1-2H3,(H,24,29)(H,25,27)(H,26,28). The summed E-state index contributed by atoms with van der Waals surface area (Å²) in [6.45, 7) is 1.52. The maximum Gasteiger partial charge on any atom is 0.255 e. The number of benzene rings is 2. The summed E-state index contributed by atoms with van der Waals surface area (Å²) in [6.07, 6.45) is 3.67. The molecule has 0 spiro atoms. The van der Waals surface area contributed by atoms with Crippen molar-refractivity contribution >= 4 is 50.5 Å². The highest BCUT2D eigenvalue weighted by Crippen LogP contribution is 2.26. The van der Waals surface area contributed by atoms with Crippen LogP contribution in [0, 0.1) is 0 Å². The zero-order valence-corrected chi connectivity index (χ0v) is 19.2. The number of amides is 3. The fraction of sp³-hybridized carbons (Fsp3) is 0.136. The molecule has 1 aromatic heterocycles. The van der Waals surface area contributed by atoms with Crippen LogP contribution in [0.25, 0.3) is 0 Å². The highest BCUT2D eigenvalue weighted by atomic mass is 35.5. The monoisotopic (exact) mass is 489 g/mol. The second kappa shape index (κ2) is 9.88. The summed E-state index contributed by atoms with van der Waals surface area (Å²) in [5, 5.41) is 7.93. The summed E-state index contributed by atoms with van der Waals surface area (Å²) in [4.78, 5) is 36.9. The van der Waals surface area contributed by atoms with Crippen LogP contribution in [0.1, 0.15) is 27.6 Å². The van der Waals surface area contributed by atoms with Crippen LogP contribution in [0.4, 0.5) is 11.4 Å². The molecule has 1 atom stereocenters. The predicted molar refractivity (Wildman–Crippen MR) is 123 cm³/mol. The molecule has 0 aliphatic carbocycles. The van der Waals surface area contributed by atoms with Crippen molar-refractivity contribution in [1.29, 1.82) is 0 Å². The molecular formula is C22H20ClN3O6S. The van der Waals surface area contributed by atoms with Crippen LogP contribution in [0.15, 0.2) is 70.4 Å². The molecule has 0 fully saturated rings.